The minimum atomic E-state index is -3.72. The molecular formula is C21H22N8O3S2. The minimum absolute atomic E-state index is 0.0327. The summed E-state index contributed by atoms with van der Waals surface area (Å²) in [5.74, 6) is 1.21. The van der Waals surface area contributed by atoms with Crippen molar-refractivity contribution in [3.8, 4) is 0 Å². The zero-order chi connectivity index (χ0) is 23.3. The smallest absolute Gasteiger partial charge is 0.249 e. The van der Waals surface area contributed by atoms with Gasteiger partial charge in [-0.1, -0.05) is 12.1 Å². The van der Waals surface area contributed by atoms with E-state index in [-0.39, 0.29) is 22.8 Å². The number of sulfonamides is 1. The van der Waals surface area contributed by atoms with Crippen LogP contribution >= 0.6 is 11.7 Å². The van der Waals surface area contributed by atoms with Gasteiger partial charge in [-0.15, -0.1) is 5.10 Å². The average Bonchev–Trinajstić information content (AvgIpc) is 3.43. The fourth-order valence-corrected chi connectivity index (χ4v) is 6.32. The number of pyridine rings is 1. The summed E-state index contributed by atoms with van der Waals surface area (Å²) in [6.45, 7) is 1.30. The Morgan fingerprint density at radius 2 is 1.82 bits per heavy atom. The molecule has 0 bridgehead atoms. The molecule has 1 aliphatic carbocycles. The lowest BCUT2D eigenvalue weighted by Gasteiger charge is -2.33. The highest BCUT2D eigenvalue weighted by molar-refractivity contribution is 7.89. The second-order valence-corrected chi connectivity index (χ2v) is 10.8. The van der Waals surface area contributed by atoms with Gasteiger partial charge in [-0.3, -0.25) is 10.1 Å². The number of piperidine rings is 1. The standard InChI is InChI=1S/C21H22N8O3S2/c30-20(13-7-8-13)23-21-22-17-5-2-6-18(29(17)24-21)28-11-9-14(10-12-28)27-34(31,32)16-4-1-3-15-19(16)26-33-25-15/h1-6,13-14,27H,7-12H2,(H,23,24,30). The number of benzene rings is 1. The van der Waals surface area contributed by atoms with Gasteiger partial charge >= 0.3 is 0 Å². The molecular weight excluding hydrogens is 476 g/mol. The van der Waals surface area contributed by atoms with Crippen LogP contribution in [0.2, 0.25) is 0 Å². The van der Waals surface area contributed by atoms with Crippen LogP contribution in [-0.2, 0) is 14.8 Å². The molecule has 11 nitrogen and oxygen atoms in total. The van der Waals surface area contributed by atoms with Crippen molar-refractivity contribution in [1.29, 1.82) is 0 Å². The van der Waals surface area contributed by atoms with Crippen LogP contribution in [0.5, 0.6) is 0 Å². The maximum atomic E-state index is 13.0. The van der Waals surface area contributed by atoms with E-state index in [2.05, 4.69) is 33.8 Å². The highest BCUT2D eigenvalue weighted by Crippen LogP contribution is 2.30. The predicted molar refractivity (Wildman–Crippen MR) is 127 cm³/mol. The Kier molecular flexibility index (Phi) is 5.19. The molecule has 4 aromatic rings. The van der Waals surface area contributed by atoms with Gasteiger partial charge in [0.1, 0.15) is 21.7 Å². The average molecular weight is 499 g/mol. The van der Waals surface area contributed by atoms with Crippen molar-refractivity contribution in [2.45, 2.75) is 36.6 Å². The number of carbonyl (C=O) groups excluding carboxylic acids is 1. The van der Waals surface area contributed by atoms with E-state index < -0.39 is 10.0 Å². The molecule has 1 saturated heterocycles. The van der Waals surface area contributed by atoms with E-state index in [4.69, 9.17) is 0 Å². The molecule has 2 fully saturated rings. The number of amides is 1. The first-order valence-corrected chi connectivity index (χ1v) is 13.3. The summed E-state index contributed by atoms with van der Waals surface area (Å²) in [6, 6.07) is 10.5. The van der Waals surface area contributed by atoms with E-state index >= 15 is 0 Å². The Labute approximate surface area is 199 Å². The number of carbonyl (C=O) groups is 1. The Hall–Kier alpha value is -3.16. The van der Waals surface area contributed by atoms with Gasteiger partial charge in [-0.2, -0.15) is 18.2 Å². The zero-order valence-electron chi connectivity index (χ0n) is 18.1. The Morgan fingerprint density at radius 1 is 1.03 bits per heavy atom. The van der Waals surface area contributed by atoms with Crippen LogP contribution in [0.4, 0.5) is 11.8 Å². The van der Waals surface area contributed by atoms with Crippen LogP contribution in [-0.4, -0.2) is 56.8 Å². The number of hydrogen-bond donors (Lipinski definition) is 2. The van der Waals surface area contributed by atoms with Crippen LogP contribution < -0.4 is 14.9 Å². The van der Waals surface area contributed by atoms with E-state index in [0.717, 1.165) is 30.4 Å². The van der Waals surface area contributed by atoms with Crippen molar-refractivity contribution in [1.82, 2.24) is 28.1 Å². The molecule has 0 atom stereocenters. The third-order valence-electron chi connectivity index (χ3n) is 6.20. The first kappa shape index (κ1) is 21.4. The summed E-state index contributed by atoms with van der Waals surface area (Å²) in [4.78, 5) is 18.8. The van der Waals surface area contributed by atoms with Crippen molar-refractivity contribution in [3.63, 3.8) is 0 Å². The van der Waals surface area contributed by atoms with Crippen LogP contribution in [0.15, 0.2) is 41.3 Å². The van der Waals surface area contributed by atoms with Crippen molar-refractivity contribution in [2.75, 3.05) is 23.3 Å². The van der Waals surface area contributed by atoms with Crippen molar-refractivity contribution < 1.29 is 13.2 Å². The second-order valence-electron chi connectivity index (χ2n) is 8.62. The topological polar surface area (TPSA) is 134 Å². The largest absolute Gasteiger partial charge is 0.356 e. The fourth-order valence-electron chi connectivity index (χ4n) is 4.25. The van der Waals surface area contributed by atoms with Gasteiger partial charge in [0.05, 0.1) is 11.7 Å². The van der Waals surface area contributed by atoms with Gasteiger partial charge in [0, 0.05) is 25.0 Å². The summed E-state index contributed by atoms with van der Waals surface area (Å²) < 4.78 is 38.9. The molecule has 3 aromatic heterocycles. The number of aromatic nitrogens is 5. The van der Waals surface area contributed by atoms with E-state index in [0.29, 0.717) is 48.6 Å². The number of rotatable bonds is 6. The molecule has 4 heterocycles. The molecule has 13 heteroatoms. The maximum absolute atomic E-state index is 13.0. The molecule has 0 spiro atoms. The quantitative estimate of drug-likeness (QED) is 0.412. The molecule has 1 aliphatic heterocycles. The Balaban J connectivity index is 1.16. The number of fused-ring (bicyclic) bond motifs is 2. The highest BCUT2D eigenvalue weighted by Gasteiger charge is 2.31. The zero-order valence-corrected chi connectivity index (χ0v) is 19.7. The Bertz CT molecular complexity index is 1490. The van der Waals surface area contributed by atoms with E-state index in [1.165, 1.54) is 0 Å². The molecule has 0 radical (unpaired) electrons. The third kappa shape index (κ3) is 3.99. The number of hydrogen-bond acceptors (Lipinski definition) is 9. The summed E-state index contributed by atoms with van der Waals surface area (Å²) >= 11 is 1.00. The van der Waals surface area contributed by atoms with Gasteiger partial charge in [0.15, 0.2) is 5.65 Å². The molecule has 1 amide bonds. The van der Waals surface area contributed by atoms with Crippen molar-refractivity contribution in [2.24, 2.45) is 5.92 Å². The van der Waals surface area contributed by atoms with E-state index in [1.807, 2.05) is 18.2 Å². The summed E-state index contributed by atoms with van der Waals surface area (Å²) in [6.07, 6.45) is 3.11. The summed E-state index contributed by atoms with van der Waals surface area (Å²) in [7, 11) is -3.72. The third-order valence-corrected chi connectivity index (χ3v) is 8.30. The SMILES string of the molecule is O=C(Nc1nc2cccc(N3CCC(NS(=O)(=O)c4cccc5nsnc45)CC3)n2n1)C1CC1. The fraction of sp³-hybridized carbons (Fsp3) is 0.381. The second kappa shape index (κ2) is 8.25. The van der Waals surface area contributed by atoms with Crippen molar-refractivity contribution >= 4 is 56.1 Å². The molecule has 2 N–H and O–H groups in total. The summed E-state index contributed by atoms with van der Waals surface area (Å²) in [5, 5.41) is 7.29. The molecule has 1 aromatic carbocycles. The lowest BCUT2D eigenvalue weighted by molar-refractivity contribution is -0.117. The predicted octanol–water partition coefficient (Wildman–Crippen LogP) is 2.03. The van der Waals surface area contributed by atoms with Crippen LogP contribution in [0.3, 0.4) is 0 Å². The van der Waals surface area contributed by atoms with Crippen LogP contribution in [0.25, 0.3) is 16.7 Å². The number of nitrogens with zero attached hydrogens (tertiary/aromatic N) is 6. The van der Waals surface area contributed by atoms with Gasteiger partial charge in [0.2, 0.25) is 21.9 Å². The lowest BCUT2D eigenvalue weighted by Crippen LogP contribution is -2.45. The minimum Gasteiger partial charge on any atom is -0.356 e. The Morgan fingerprint density at radius 3 is 2.62 bits per heavy atom. The lowest BCUT2D eigenvalue weighted by atomic mass is 10.1. The summed E-state index contributed by atoms with van der Waals surface area (Å²) in [5.41, 5.74) is 1.63. The first-order valence-electron chi connectivity index (χ1n) is 11.1. The number of anilines is 2. The molecule has 176 valence electrons. The molecule has 34 heavy (non-hydrogen) atoms. The van der Waals surface area contributed by atoms with Gasteiger partial charge < -0.3 is 4.90 Å². The molecule has 0 unspecified atom stereocenters. The van der Waals surface area contributed by atoms with E-state index in [9.17, 15) is 13.2 Å². The van der Waals surface area contributed by atoms with Gasteiger partial charge in [-0.25, -0.2) is 13.1 Å². The van der Waals surface area contributed by atoms with Crippen LogP contribution in [0, 0.1) is 5.92 Å². The monoisotopic (exact) mass is 498 g/mol. The number of nitrogens with one attached hydrogen (secondary N) is 2. The first-order chi connectivity index (χ1) is 16.5. The van der Waals surface area contributed by atoms with Gasteiger partial charge in [0.25, 0.3) is 0 Å². The van der Waals surface area contributed by atoms with Crippen molar-refractivity contribution in [3.05, 3.63) is 36.4 Å². The molecule has 2 aliphatic rings. The molecule has 1 saturated carbocycles. The normalized spacial score (nSPS) is 17.5. The molecule has 6 rings (SSSR count). The van der Waals surface area contributed by atoms with Crippen LogP contribution in [0.1, 0.15) is 25.7 Å². The highest BCUT2D eigenvalue weighted by atomic mass is 32.2. The maximum Gasteiger partial charge on any atom is 0.249 e. The van der Waals surface area contributed by atoms with E-state index in [1.54, 1.807) is 22.7 Å². The van der Waals surface area contributed by atoms with Gasteiger partial charge in [-0.05, 0) is 49.9 Å².